The third kappa shape index (κ3) is 2.08. The van der Waals surface area contributed by atoms with Crippen molar-refractivity contribution in [1.29, 1.82) is 0 Å². The molecule has 0 bridgehead atoms. The molecule has 0 aliphatic rings. The summed E-state index contributed by atoms with van der Waals surface area (Å²) in [6.45, 7) is -2.42. The highest BCUT2D eigenvalue weighted by molar-refractivity contribution is 9.10. The minimum atomic E-state index is -2.79. The van der Waals surface area contributed by atoms with Crippen LogP contribution >= 0.6 is 15.9 Å². The van der Waals surface area contributed by atoms with E-state index < -0.39 is 13.6 Å². The lowest BCUT2D eigenvalue weighted by Crippen LogP contribution is -1.89. The van der Waals surface area contributed by atoms with Gasteiger partial charge in [-0.1, -0.05) is 0 Å². The monoisotopic (exact) mass is 206 g/mol. The van der Waals surface area contributed by atoms with Crippen molar-refractivity contribution < 1.29 is 11.6 Å². The Bertz CT molecular complexity index is 336. The van der Waals surface area contributed by atoms with E-state index in [1.165, 1.54) is 12.3 Å². The van der Waals surface area contributed by atoms with Crippen molar-refractivity contribution in [2.24, 2.45) is 0 Å². The lowest BCUT2D eigenvalue weighted by Gasteiger charge is -1.96. The standard InChI is InChI=1S/C7H8BrNO/c1-10-5-7-3-2-6(8)4-9-7/h2-4H,5H2,1H3/i1D3,5D2. The van der Waals surface area contributed by atoms with Crippen LogP contribution in [0.1, 0.15) is 12.5 Å². The molecule has 0 saturated heterocycles. The molecule has 3 heteroatoms. The molecular formula is C7H8BrNO. The van der Waals surface area contributed by atoms with E-state index in [2.05, 4.69) is 25.7 Å². The van der Waals surface area contributed by atoms with Crippen LogP contribution in [0, 0.1) is 0 Å². The maximum atomic E-state index is 7.40. The Morgan fingerprint density at radius 3 is 3.40 bits per heavy atom. The molecule has 54 valence electrons. The summed E-state index contributed by atoms with van der Waals surface area (Å²) < 4.78 is 40.2. The smallest absolute Gasteiger partial charge is 0.0884 e. The van der Waals surface area contributed by atoms with Gasteiger partial charge in [0.2, 0.25) is 0 Å². The first kappa shape index (κ1) is 3.32. The first-order chi connectivity index (χ1) is 6.71. The van der Waals surface area contributed by atoms with E-state index in [4.69, 9.17) is 6.85 Å². The quantitative estimate of drug-likeness (QED) is 0.739. The fourth-order valence-electron chi connectivity index (χ4n) is 0.488. The lowest BCUT2D eigenvalue weighted by molar-refractivity contribution is 0.181. The summed E-state index contributed by atoms with van der Waals surface area (Å²) in [5, 5.41) is 0. The highest BCUT2D eigenvalue weighted by Gasteiger charge is 1.90. The third-order valence-electron chi connectivity index (χ3n) is 0.883. The molecule has 1 aromatic rings. The number of hydrogen-bond acceptors (Lipinski definition) is 2. The van der Waals surface area contributed by atoms with E-state index in [-0.39, 0.29) is 5.69 Å². The van der Waals surface area contributed by atoms with Gasteiger partial charge in [0, 0.05) is 17.7 Å². The SMILES string of the molecule is [2H]C([2H])([2H])OC([2H])([2H])c1ccc(Br)cn1. The number of nitrogens with zero attached hydrogens (tertiary/aromatic N) is 1. The van der Waals surface area contributed by atoms with Crippen LogP contribution < -0.4 is 0 Å². The van der Waals surface area contributed by atoms with Gasteiger partial charge in [0.15, 0.2) is 0 Å². The summed E-state index contributed by atoms with van der Waals surface area (Å²) in [7, 11) is -2.79. The average molecular weight is 207 g/mol. The Balaban J connectivity index is 2.90. The summed E-state index contributed by atoms with van der Waals surface area (Å²) in [6.07, 6.45) is 1.37. The van der Waals surface area contributed by atoms with Crippen molar-refractivity contribution in [2.45, 2.75) is 6.56 Å². The summed E-state index contributed by atoms with van der Waals surface area (Å²) in [6, 6.07) is 2.92. The summed E-state index contributed by atoms with van der Waals surface area (Å²) in [5.41, 5.74) is -0.0816. The Morgan fingerprint density at radius 1 is 1.90 bits per heavy atom. The highest BCUT2D eigenvalue weighted by Crippen LogP contribution is 2.07. The number of rotatable bonds is 2. The van der Waals surface area contributed by atoms with Crippen LogP contribution in [0.5, 0.6) is 0 Å². The van der Waals surface area contributed by atoms with Crippen molar-refractivity contribution in [2.75, 3.05) is 7.04 Å². The maximum absolute atomic E-state index is 7.40. The molecule has 0 fully saturated rings. The molecule has 1 aromatic heterocycles. The zero-order valence-corrected chi connectivity index (χ0v) is 6.55. The average Bonchev–Trinajstić information content (AvgIpc) is 2.00. The fourth-order valence-corrected chi connectivity index (χ4v) is 0.723. The summed E-state index contributed by atoms with van der Waals surface area (Å²) in [4.78, 5) is 3.74. The van der Waals surface area contributed by atoms with Crippen LogP contribution in [-0.2, 0) is 11.3 Å². The van der Waals surface area contributed by atoms with Gasteiger partial charge in [0.05, 0.1) is 19.1 Å². The summed E-state index contributed by atoms with van der Waals surface area (Å²) >= 11 is 3.14. The molecule has 0 N–H and O–H groups in total. The van der Waals surface area contributed by atoms with Crippen LogP contribution in [0.4, 0.5) is 0 Å². The normalized spacial score (nSPS) is 19.9. The first-order valence-corrected chi connectivity index (χ1v) is 3.32. The van der Waals surface area contributed by atoms with Crippen molar-refractivity contribution in [3.63, 3.8) is 0 Å². The number of pyridine rings is 1. The van der Waals surface area contributed by atoms with Crippen LogP contribution in [0.15, 0.2) is 22.8 Å². The Kier molecular flexibility index (Phi) is 1.22. The molecule has 0 saturated carbocycles. The van der Waals surface area contributed by atoms with Gasteiger partial charge >= 0.3 is 0 Å². The Hall–Kier alpha value is -0.410. The lowest BCUT2D eigenvalue weighted by atomic mass is 10.4. The molecule has 0 unspecified atom stereocenters. The molecule has 10 heavy (non-hydrogen) atoms. The van der Waals surface area contributed by atoms with E-state index in [1.54, 1.807) is 6.07 Å². The maximum Gasteiger partial charge on any atom is 0.0884 e. The van der Waals surface area contributed by atoms with Crippen molar-refractivity contribution in [3.8, 4) is 0 Å². The number of aromatic nitrogens is 1. The van der Waals surface area contributed by atoms with E-state index in [1.807, 2.05) is 0 Å². The van der Waals surface area contributed by atoms with Crippen LogP contribution in [0.2, 0.25) is 0 Å². The van der Waals surface area contributed by atoms with Crippen LogP contribution in [0.3, 0.4) is 0 Å². The second kappa shape index (κ2) is 3.68. The van der Waals surface area contributed by atoms with Crippen molar-refractivity contribution >= 4 is 15.9 Å². The Labute approximate surface area is 75.4 Å². The van der Waals surface area contributed by atoms with Gasteiger partial charge in [-0.3, -0.25) is 4.98 Å². The number of hydrogen-bond donors (Lipinski definition) is 0. The highest BCUT2D eigenvalue weighted by atomic mass is 79.9. The minimum Gasteiger partial charge on any atom is -0.378 e. The molecule has 0 aliphatic heterocycles. The number of methoxy groups -OCH3 is 1. The zero-order chi connectivity index (χ0) is 11.7. The van der Waals surface area contributed by atoms with Gasteiger partial charge in [-0.05, 0) is 28.1 Å². The molecule has 0 amide bonds. The molecule has 0 spiro atoms. The van der Waals surface area contributed by atoms with Crippen LogP contribution in [0.25, 0.3) is 0 Å². The van der Waals surface area contributed by atoms with Gasteiger partial charge in [-0.15, -0.1) is 0 Å². The van der Waals surface area contributed by atoms with E-state index in [0.717, 1.165) is 0 Å². The van der Waals surface area contributed by atoms with Crippen molar-refractivity contribution in [3.05, 3.63) is 28.5 Å². The first-order valence-electron chi connectivity index (χ1n) is 5.03. The molecule has 1 heterocycles. The zero-order valence-electron chi connectivity index (χ0n) is 9.97. The van der Waals surface area contributed by atoms with Crippen molar-refractivity contribution in [1.82, 2.24) is 4.98 Å². The molecule has 0 atom stereocenters. The molecule has 0 radical (unpaired) electrons. The fraction of sp³-hybridized carbons (Fsp3) is 0.286. The second-order valence-corrected chi connectivity index (χ2v) is 2.48. The number of halogens is 1. The van der Waals surface area contributed by atoms with Gasteiger partial charge in [-0.25, -0.2) is 0 Å². The predicted octanol–water partition coefficient (Wildman–Crippen LogP) is 1.99. The third-order valence-corrected chi connectivity index (χ3v) is 1.35. The molecule has 0 aliphatic carbocycles. The Morgan fingerprint density at radius 2 is 2.80 bits per heavy atom. The summed E-state index contributed by atoms with van der Waals surface area (Å²) in [5.74, 6) is 0. The van der Waals surface area contributed by atoms with Gasteiger partial charge in [0.25, 0.3) is 0 Å². The minimum absolute atomic E-state index is 0.0816. The molecular weight excluding hydrogens is 194 g/mol. The predicted molar refractivity (Wildman–Crippen MR) is 42.7 cm³/mol. The van der Waals surface area contributed by atoms with Gasteiger partial charge < -0.3 is 4.74 Å². The molecule has 0 aromatic carbocycles. The topological polar surface area (TPSA) is 22.1 Å². The van der Waals surface area contributed by atoms with Gasteiger partial charge in [0.1, 0.15) is 0 Å². The van der Waals surface area contributed by atoms with Crippen LogP contribution in [-0.4, -0.2) is 12.0 Å². The van der Waals surface area contributed by atoms with Gasteiger partial charge in [-0.2, -0.15) is 0 Å². The largest absolute Gasteiger partial charge is 0.378 e. The number of ether oxygens (including phenoxy) is 1. The second-order valence-electron chi connectivity index (χ2n) is 1.57. The van der Waals surface area contributed by atoms with E-state index >= 15 is 0 Å². The molecule has 1 rings (SSSR count). The van der Waals surface area contributed by atoms with E-state index in [0.29, 0.717) is 4.47 Å². The molecule has 2 nitrogen and oxygen atoms in total. The van der Waals surface area contributed by atoms with E-state index in [9.17, 15) is 0 Å².